The molecule has 2 rings (SSSR count). The molecule has 1 fully saturated rings. The summed E-state index contributed by atoms with van der Waals surface area (Å²) in [5, 5.41) is 0. The van der Waals surface area contributed by atoms with E-state index in [2.05, 4.69) is 0 Å². The van der Waals surface area contributed by atoms with E-state index in [0.29, 0.717) is 18.4 Å². The minimum atomic E-state index is -0.993. The molecule has 7 nitrogen and oxygen atoms in total. The van der Waals surface area contributed by atoms with Gasteiger partial charge in [0.1, 0.15) is 5.60 Å². The van der Waals surface area contributed by atoms with Crippen LogP contribution in [0.2, 0.25) is 0 Å². The Balaban J connectivity index is 2.15. The molecule has 0 aromatic heterocycles. The highest BCUT2D eigenvalue weighted by atomic mass is 16.6. The lowest BCUT2D eigenvalue weighted by molar-refractivity contribution is -0.164. The van der Waals surface area contributed by atoms with Crippen LogP contribution in [-0.2, 0) is 23.8 Å². The summed E-state index contributed by atoms with van der Waals surface area (Å²) in [6.45, 7) is 10.8. The molecular weight excluding hydrogens is 338 g/mol. The summed E-state index contributed by atoms with van der Waals surface area (Å²) in [5.74, 6) is -1.18. The number of carbonyl (C=O) groups is 3. The zero-order chi connectivity index (χ0) is 19.7. The highest BCUT2D eigenvalue weighted by molar-refractivity contribution is 5.93. The van der Waals surface area contributed by atoms with Crippen LogP contribution in [-0.4, -0.2) is 52.8 Å². The lowest BCUT2D eigenvalue weighted by Gasteiger charge is -2.42. The molecule has 1 saturated heterocycles. The number of ether oxygens (including phenoxy) is 3. The summed E-state index contributed by atoms with van der Waals surface area (Å²) < 4.78 is 15.7. The zero-order valence-electron chi connectivity index (χ0n) is 16.5. The van der Waals surface area contributed by atoms with Crippen LogP contribution in [0.5, 0.6) is 0 Å². The second-order valence-corrected chi connectivity index (χ2v) is 8.06. The minimum Gasteiger partial charge on any atom is -0.463 e. The van der Waals surface area contributed by atoms with Crippen molar-refractivity contribution >= 4 is 18.0 Å². The fourth-order valence-corrected chi connectivity index (χ4v) is 3.45. The van der Waals surface area contributed by atoms with Crippen LogP contribution >= 0.6 is 0 Å². The van der Waals surface area contributed by atoms with Crippen molar-refractivity contribution in [3.8, 4) is 0 Å². The Morgan fingerprint density at radius 1 is 1.35 bits per heavy atom. The molecule has 2 heterocycles. The van der Waals surface area contributed by atoms with E-state index < -0.39 is 35.8 Å². The Hall–Kier alpha value is -2.05. The van der Waals surface area contributed by atoms with E-state index in [4.69, 9.17) is 14.2 Å². The van der Waals surface area contributed by atoms with Gasteiger partial charge >= 0.3 is 18.0 Å². The predicted octanol–water partition coefficient (Wildman–Crippen LogP) is 2.97. The van der Waals surface area contributed by atoms with E-state index in [1.54, 1.807) is 11.8 Å². The second-order valence-electron chi connectivity index (χ2n) is 8.06. The molecule has 0 radical (unpaired) electrons. The number of nitrogens with zero attached hydrogens (tertiary/aromatic N) is 1. The first-order valence-corrected chi connectivity index (χ1v) is 9.08. The number of carbonyl (C=O) groups excluding carboxylic acids is 3. The van der Waals surface area contributed by atoms with Crippen LogP contribution in [0.25, 0.3) is 0 Å². The number of fused-ring (bicyclic) bond motifs is 2. The first-order valence-electron chi connectivity index (χ1n) is 9.08. The maximum atomic E-state index is 12.7. The molecule has 0 aliphatic carbocycles. The average molecular weight is 367 g/mol. The quantitative estimate of drug-likeness (QED) is 0.561. The van der Waals surface area contributed by atoms with Crippen LogP contribution in [0.3, 0.4) is 0 Å². The fourth-order valence-electron chi connectivity index (χ4n) is 3.45. The SMILES string of the molecule is CCOC(=O)[C@H](C)OC(=O)C1=CC[C@]2(C)CC[C@H]1N2C(=O)OC(C)(C)C. The Morgan fingerprint density at radius 3 is 2.58 bits per heavy atom. The van der Waals surface area contributed by atoms with Gasteiger partial charge in [0, 0.05) is 5.54 Å². The van der Waals surface area contributed by atoms with Gasteiger partial charge < -0.3 is 14.2 Å². The minimum absolute atomic E-state index is 0.219. The highest BCUT2D eigenvalue weighted by Gasteiger charge is 2.52. The highest BCUT2D eigenvalue weighted by Crippen LogP contribution is 2.44. The van der Waals surface area contributed by atoms with Gasteiger partial charge in [0.2, 0.25) is 0 Å². The third-order valence-electron chi connectivity index (χ3n) is 4.70. The number of amides is 1. The third kappa shape index (κ3) is 4.19. The average Bonchev–Trinajstić information content (AvgIpc) is 2.74. The molecule has 0 spiro atoms. The van der Waals surface area contributed by atoms with Gasteiger partial charge in [-0.25, -0.2) is 14.4 Å². The summed E-state index contributed by atoms with van der Waals surface area (Å²) >= 11 is 0. The van der Waals surface area contributed by atoms with Crippen molar-refractivity contribution in [3.05, 3.63) is 11.6 Å². The maximum absolute atomic E-state index is 12.7. The van der Waals surface area contributed by atoms with Gasteiger partial charge in [0.05, 0.1) is 18.2 Å². The molecule has 0 N–H and O–H groups in total. The molecule has 146 valence electrons. The molecule has 0 saturated carbocycles. The van der Waals surface area contributed by atoms with E-state index in [1.807, 2.05) is 33.8 Å². The number of hydrogen-bond donors (Lipinski definition) is 0. The predicted molar refractivity (Wildman–Crippen MR) is 94.4 cm³/mol. The first kappa shape index (κ1) is 20.3. The van der Waals surface area contributed by atoms with Crippen LogP contribution in [0, 0.1) is 0 Å². The van der Waals surface area contributed by atoms with Gasteiger partial charge in [0.25, 0.3) is 0 Å². The van der Waals surface area contributed by atoms with Gasteiger partial charge in [-0.2, -0.15) is 0 Å². The Bertz CT molecular complexity index is 620. The van der Waals surface area contributed by atoms with Crippen molar-refractivity contribution in [2.24, 2.45) is 0 Å². The van der Waals surface area contributed by atoms with E-state index in [1.165, 1.54) is 6.92 Å². The summed E-state index contributed by atoms with van der Waals surface area (Å²) in [4.78, 5) is 38.7. The molecule has 0 aromatic carbocycles. The van der Waals surface area contributed by atoms with E-state index in [0.717, 1.165) is 6.42 Å². The normalized spacial score (nSPS) is 26.0. The third-order valence-corrected chi connectivity index (χ3v) is 4.70. The molecular formula is C19H29NO6. The number of esters is 2. The summed E-state index contributed by atoms with van der Waals surface area (Å²) in [7, 11) is 0. The molecule has 0 unspecified atom stereocenters. The van der Waals surface area contributed by atoms with Gasteiger partial charge in [0.15, 0.2) is 6.10 Å². The first-order chi connectivity index (χ1) is 12.0. The van der Waals surface area contributed by atoms with Crippen LogP contribution in [0.15, 0.2) is 11.6 Å². The van der Waals surface area contributed by atoms with Crippen molar-refractivity contribution in [3.63, 3.8) is 0 Å². The largest absolute Gasteiger partial charge is 0.463 e. The Kier molecular flexibility index (Phi) is 5.68. The van der Waals surface area contributed by atoms with Crippen LogP contribution < -0.4 is 0 Å². The van der Waals surface area contributed by atoms with Crippen molar-refractivity contribution < 1.29 is 28.6 Å². The molecule has 0 aromatic rings. The maximum Gasteiger partial charge on any atom is 0.411 e. The van der Waals surface area contributed by atoms with Gasteiger partial charge in [-0.05, 0) is 60.8 Å². The molecule has 3 atom stereocenters. The van der Waals surface area contributed by atoms with E-state index in [-0.39, 0.29) is 12.1 Å². The van der Waals surface area contributed by atoms with Gasteiger partial charge in [-0.1, -0.05) is 6.08 Å². The summed E-state index contributed by atoms with van der Waals surface area (Å²) in [6.07, 6.45) is 2.37. The molecule has 2 bridgehead atoms. The molecule has 7 heteroatoms. The molecule has 26 heavy (non-hydrogen) atoms. The number of rotatable bonds is 4. The van der Waals surface area contributed by atoms with Crippen molar-refractivity contribution in [2.75, 3.05) is 6.61 Å². The molecule has 1 amide bonds. The fraction of sp³-hybridized carbons (Fsp3) is 0.737. The zero-order valence-corrected chi connectivity index (χ0v) is 16.5. The topological polar surface area (TPSA) is 82.1 Å². The standard InChI is InChI=1S/C19H29NO6/c1-7-24-15(21)12(2)25-16(22)13-8-10-19(6)11-9-14(13)20(19)17(23)26-18(3,4)5/h8,12,14H,7,9-11H2,1-6H3/t12-,14+,19+/m0/s1. The van der Waals surface area contributed by atoms with Gasteiger partial charge in [-0.3, -0.25) is 4.90 Å². The lowest BCUT2D eigenvalue weighted by atomic mass is 9.92. The molecule has 2 aliphatic heterocycles. The van der Waals surface area contributed by atoms with Crippen LogP contribution in [0.4, 0.5) is 4.79 Å². The van der Waals surface area contributed by atoms with E-state index in [9.17, 15) is 14.4 Å². The number of hydrogen-bond acceptors (Lipinski definition) is 6. The van der Waals surface area contributed by atoms with Gasteiger partial charge in [-0.15, -0.1) is 0 Å². The van der Waals surface area contributed by atoms with Crippen molar-refractivity contribution in [1.82, 2.24) is 4.90 Å². The Labute approximate surface area is 154 Å². The second kappa shape index (κ2) is 7.29. The summed E-state index contributed by atoms with van der Waals surface area (Å²) in [6, 6.07) is -0.398. The molecule has 2 aliphatic rings. The lowest BCUT2D eigenvalue weighted by Crippen LogP contribution is -2.53. The smallest absolute Gasteiger partial charge is 0.411 e. The van der Waals surface area contributed by atoms with E-state index >= 15 is 0 Å². The Morgan fingerprint density at radius 2 is 2.00 bits per heavy atom. The summed E-state index contributed by atoms with van der Waals surface area (Å²) in [5.41, 5.74) is -0.585. The van der Waals surface area contributed by atoms with Crippen molar-refractivity contribution in [2.45, 2.75) is 84.1 Å². The van der Waals surface area contributed by atoms with Crippen LogP contribution in [0.1, 0.15) is 60.8 Å². The monoisotopic (exact) mass is 367 g/mol. The van der Waals surface area contributed by atoms with Crippen molar-refractivity contribution in [1.29, 1.82) is 0 Å².